The third-order valence-corrected chi connectivity index (χ3v) is 7.57. The molecule has 0 spiro atoms. The number of amides is 1. The predicted molar refractivity (Wildman–Crippen MR) is 124 cm³/mol. The molecule has 4 rings (SSSR count). The number of benzene rings is 2. The summed E-state index contributed by atoms with van der Waals surface area (Å²) in [5.41, 5.74) is 0.822. The molecule has 2 aromatic carbocycles. The minimum atomic E-state index is -3.80. The van der Waals surface area contributed by atoms with E-state index in [0.717, 1.165) is 0 Å². The van der Waals surface area contributed by atoms with Crippen molar-refractivity contribution in [2.75, 3.05) is 32.6 Å². The van der Waals surface area contributed by atoms with Crippen molar-refractivity contribution in [1.82, 2.24) is 9.29 Å². The van der Waals surface area contributed by atoms with Gasteiger partial charge in [-0.2, -0.15) is 4.31 Å². The number of H-pyrrole nitrogens is 1. The quantitative estimate of drug-likeness (QED) is 0.571. The molecule has 0 aliphatic carbocycles. The highest BCUT2D eigenvalue weighted by Gasteiger charge is 2.33. The molecule has 33 heavy (non-hydrogen) atoms. The number of carbonyl (C=O) groups excluding carboxylic acids is 1. The van der Waals surface area contributed by atoms with E-state index in [2.05, 4.69) is 10.3 Å². The lowest BCUT2D eigenvalue weighted by molar-refractivity contribution is -0.120. The maximum Gasteiger partial charge on any atom is 0.248 e. The molecule has 1 aromatic heterocycles. The van der Waals surface area contributed by atoms with Crippen molar-refractivity contribution in [3.63, 3.8) is 0 Å². The number of sulfonamides is 1. The first-order valence-electron chi connectivity index (χ1n) is 10.5. The van der Waals surface area contributed by atoms with Gasteiger partial charge in [-0.3, -0.25) is 9.59 Å². The van der Waals surface area contributed by atoms with E-state index < -0.39 is 15.9 Å². The van der Waals surface area contributed by atoms with Gasteiger partial charge in [-0.25, -0.2) is 8.42 Å². The van der Waals surface area contributed by atoms with Gasteiger partial charge in [0.05, 0.1) is 25.0 Å². The number of nitrogens with one attached hydrogen (secondary N) is 2. The van der Waals surface area contributed by atoms with Crippen LogP contribution in [0, 0.1) is 5.92 Å². The maximum atomic E-state index is 13.3. The van der Waals surface area contributed by atoms with Crippen molar-refractivity contribution >= 4 is 32.5 Å². The molecule has 174 valence electrons. The standard InChI is InChI=1S/C23H25N3O6S/c1-31-18-11-17(12-19(13-18)32-2)24-23(28)16-4-3-9-26(14-16)33(29,30)20-6-7-21-15(10-20)5-8-22(27)25-21/h5-8,10-13,16H,3-4,9,14H2,1-2H3,(H,24,28)(H,25,27)/t16-/m0/s1. The summed E-state index contributed by atoms with van der Waals surface area (Å²) in [7, 11) is -0.758. The van der Waals surface area contributed by atoms with E-state index in [4.69, 9.17) is 9.47 Å². The molecule has 1 aliphatic rings. The fraction of sp³-hybridized carbons (Fsp3) is 0.304. The molecule has 1 saturated heterocycles. The summed E-state index contributed by atoms with van der Waals surface area (Å²) in [5.74, 6) is 0.314. The summed E-state index contributed by atoms with van der Waals surface area (Å²) in [6, 6.07) is 12.6. The van der Waals surface area contributed by atoms with Gasteiger partial charge >= 0.3 is 0 Å². The van der Waals surface area contributed by atoms with E-state index in [1.807, 2.05) is 0 Å². The first kappa shape index (κ1) is 22.8. The summed E-state index contributed by atoms with van der Waals surface area (Å²) in [6.07, 6.45) is 1.15. The van der Waals surface area contributed by atoms with Gasteiger partial charge in [0.25, 0.3) is 0 Å². The summed E-state index contributed by atoms with van der Waals surface area (Å²) in [5, 5.41) is 3.47. The summed E-state index contributed by atoms with van der Waals surface area (Å²) in [6.45, 7) is 0.418. The molecule has 2 N–H and O–H groups in total. The number of rotatable bonds is 6. The predicted octanol–water partition coefficient (Wildman–Crippen LogP) is 2.58. The highest BCUT2D eigenvalue weighted by molar-refractivity contribution is 7.89. The minimum absolute atomic E-state index is 0.0823. The Bertz CT molecular complexity index is 1330. The Kier molecular flexibility index (Phi) is 6.39. The molecule has 1 amide bonds. The number of hydrogen-bond donors (Lipinski definition) is 2. The Morgan fingerprint density at radius 3 is 2.48 bits per heavy atom. The van der Waals surface area contributed by atoms with Crippen LogP contribution in [0.1, 0.15) is 12.8 Å². The zero-order valence-corrected chi connectivity index (χ0v) is 19.1. The van der Waals surface area contributed by atoms with Crippen molar-refractivity contribution < 1.29 is 22.7 Å². The Hall–Kier alpha value is -3.37. The van der Waals surface area contributed by atoms with Gasteiger partial charge in [0.1, 0.15) is 11.5 Å². The molecule has 1 atom stereocenters. The molecule has 1 fully saturated rings. The second kappa shape index (κ2) is 9.24. The first-order chi connectivity index (χ1) is 15.8. The number of piperidine rings is 1. The second-order valence-corrected chi connectivity index (χ2v) is 9.80. The molecular weight excluding hydrogens is 446 g/mol. The molecule has 0 bridgehead atoms. The van der Waals surface area contributed by atoms with Gasteiger partial charge < -0.3 is 19.8 Å². The van der Waals surface area contributed by atoms with Crippen LogP contribution in [0.15, 0.2) is 58.2 Å². The van der Waals surface area contributed by atoms with Crippen LogP contribution in [0.2, 0.25) is 0 Å². The number of aromatic nitrogens is 1. The summed E-state index contributed by atoms with van der Waals surface area (Å²) >= 11 is 0. The van der Waals surface area contributed by atoms with Crippen molar-refractivity contribution in [3.05, 3.63) is 58.9 Å². The number of ether oxygens (including phenoxy) is 2. The van der Waals surface area contributed by atoms with Gasteiger partial charge in [0.15, 0.2) is 0 Å². The van der Waals surface area contributed by atoms with E-state index in [1.165, 1.54) is 36.7 Å². The highest BCUT2D eigenvalue weighted by atomic mass is 32.2. The third kappa shape index (κ3) is 4.86. The molecule has 0 unspecified atom stereocenters. The van der Waals surface area contributed by atoms with Crippen LogP contribution >= 0.6 is 0 Å². The number of carbonyl (C=O) groups is 1. The van der Waals surface area contributed by atoms with E-state index >= 15 is 0 Å². The van der Waals surface area contributed by atoms with Crippen LogP contribution in [0.5, 0.6) is 11.5 Å². The van der Waals surface area contributed by atoms with Crippen molar-refractivity contribution in [2.24, 2.45) is 5.92 Å². The summed E-state index contributed by atoms with van der Waals surface area (Å²) < 4.78 is 38.4. The molecule has 1 aliphatic heterocycles. The van der Waals surface area contributed by atoms with Gasteiger partial charge in [-0.1, -0.05) is 0 Å². The van der Waals surface area contributed by atoms with Gasteiger partial charge in [-0.05, 0) is 42.5 Å². The Morgan fingerprint density at radius 2 is 1.79 bits per heavy atom. The Balaban J connectivity index is 1.52. The average molecular weight is 472 g/mol. The molecule has 0 saturated carbocycles. The normalized spacial score (nSPS) is 17.0. The molecular formula is C23H25N3O6S. The smallest absolute Gasteiger partial charge is 0.248 e. The fourth-order valence-corrected chi connectivity index (χ4v) is 5.50. The van der Waals surface area contributed by atoms with E-state index in [0.29, 0.717) is 47.5 Å². The number of hydrogen-bond acceptors (Lipinski definition) is 6. The topological polar surface area (TPSA) is 118 Å². The number of fused-ring (bicyclic) bond motifs is 1. The van der Waals surface area contributed by atoms with Crippen LogP contribution < -0.4 is 20.3 Å². The van der Waals surface area contributed by atoms with Crippen molar-refractivity contribution in [2.45, 2.75) is 17.7 Å². The Morgan fingerprint density at radius 1 is 1.06 bits per heavy atom. The third-order valence-electron chi connectivity index (χ3n) is 5.71. The lowest BCUT2D eigenvalue weighted by Gasteiger charge is -2.31. The van der Waals surface area contributed by atoms with Gasteiger partial charge in [0.2, 0.25) is 21.5 Å². The molecule has 2 heterocycles. The van der Waals surface area contributed by atoms with Crippen molar-refractivity contribution in [3.8, 4) is 11.5 Å². The maximum absolute atomic E-state index is 13.3. The minimum Gasteiger partial charge on any atom is -0.497 e. The number of methoxy groups -OCH3 is 2. The van der Waals surface area contributed by atoms with Crippen LogP contribution in [0.3, 0.4) is 0 Å². The van der Waals surface area contributed by atoms with Crippen LogP contribution in [-0.2, 0) is 14.8 Å². The van der Waals surface area contributed by atoms with Crippen LogP contribution in [0.25, 0.3) is 10.9 Å². The zero-order valence-electron chi connectivity index (χ0n) is 18.3. The van der Waals surface area contributed by atoms with E-state index in [-0.39, 0.29) is 22.9 Å². The first-order valence-corrected chi connectivity index (χ1v) is 11.9. The van der Waals surface area contributed by atoms with Gasteiger partial charge in [0, 0.05) is 48.6 Å². The number of anilines is 1. The van der Waals surface area contributed by atoms with Crippen LogP contribution in [0.4, 0.5) is 5.69 Å². The summed E-state index contributed by atoms with van der Waals surface area (Å²) in [4.78, 5) is 27.2. The SMILES string of the molecule is COc1cc(NC(=O)[C@H]2CCCN(S(=O)(=O)c3ccc4[nH]c(=O)ccc4c3)C2)cc(OC)c1. The number of nitrogens with zero attached hydrogens (tertiary/aromatic N) is 1. The lowest BCUT2D eigenvalue weighted by atomic mass is 9.98. The highest BCUT2D eigenvalue weighted by Crippen LogP contribution is 2.29. The zero-order chi connectivity index (χ0) is 23.6. The van der Waals surface area contributed by atoms with Crippen molar-refractivity contribution in [1.29, 1.82) is 0 Å². The molecule has 9 nitrogen and oxygen atoms in total. The largest absolute Gasteiger partial charge is 0.497 e. The fourth-order valence-electron chi connectivity index (χ4n) is 3.94. The monoisotopic (exact) mass is 471 g/mol. The van der Waals surface area contributed by atoms with E-state index in [9.17, 15) is 18.0 Å². The van der Waals surface area contributed by atoms with Crippen LogP contribution in [-0.4, -0.2) is 50.9 Å². The van der Waals surface area contributed by atoms with E-state index in [1.54, 1.807) is 30.3 Å². The number of pyridine rings is 1. The second-order valence-electron chi connectivity index (χ2n) is 7.86. The Labute approximate surface area is 191 Å². The number of aromatic amines is 1. The average Bonchev–Trinajstić information content (AvgIpc) is 2.83. The van der Waals surface area contributed by atoms with Gasteiger partial charge in [-0.15, -0.1) is 0 Å². The molecule has 0 radical (unpaired) electrons. The molecule has 10 heteroatoms. The molecule has 3 aromatic rings. The lowest BCUT2D eigenvalue weighted by Crippen LogP contribution is -2.43.